The van der Waals surface area contributed by atoms with Gasteiger partial charge in [-0.15, -0.1) is 0 Å². The summed E-state index contributed by atoms with van der Waals surface area (Å²) in [4.78, 5) is 21.6. The van der Waals surface area contributed by atoms with Gasteiger partial charge in [-0.1, -0.05) is 0 Å². The van der Waals surface area contributed by atoms with Crippen LogP contribution in [0.2, 0.25) is 0 Å². The van der Waals surface area contributed by atoms with Crippen molar-refractivity contribution in [1.82, 2.24) is 5.32 Å². The summed E-state index contributed by atoms with van der Waals surface area (Å²) >= 11 is 0. The van der Waals surface area contributed by atoms with Crippen LogP contribution in [0.1, 0.15) is 23.7 Å². The number of non-ortho nitro benzene ring substituents is 1. The fourth-order valence-corrected chi connectivity index (χ4v) is 1.36. The fraction of sp³-hybridized carbons (Fsp3) is 0.417. The molecule has 0 aliphatic rings. The van der Waals surface area contributed by atoms with Crippen LogP contribution in [0.4, 0.5) is 5.69 Å². The van der Waals surface area contributed by atoms with E-state index in [0.717, 1.165) is 6.42 Å². The molecule has 0 atom stereocenters. The summed E-state index contributed by atoms with van der Waals surface area (Å²) < 4.78 is 5.14. The van der Waals surface area contributed by atoms with Crippen molar-refractivity contribution in [2.75, 3.05) is 19.8 Å². The third-order valence-corrected chi connectivity index (χ3v) is 2.30. The molecule has 1 N–H and O–H groups in total. The number of nitro groups is 1. The zero-order chi connectivity index (χ0) is 13.4. The van der Waals surface area contributed by atoms with Crippen molar-refractivity contribution < 1.29 is 14.5 Å². The molecular formula is C12H16N2O4. The van der Waals surface area contributed by atoms with E-state index in [9.17, 15) is 14.9 Å². The molecule has 1 aromatic carbocycles. The number of rotatable bonds is 7. The Morgan fingerprint density at radius 1 is 1.39 bits per heavy atom. The topological polar surface area (TPSA) is 81.5 Å². The number of hydrogen-bond donors (Lipinski definition) is 1. The predicted molar refractivity (Wildman–Crippen MR) is 66.5 cm³/mol. The molecule has 0 aliphatic heterocycles. The Bertz CT molecular complexity index is 403. The molecule has 0 saturated heterocycles. The van der Waals surface area contributed by atoms with Gasteiger partial charge in [0.1, 0.15) is 0 Å². The number of nitrogens with one attached hydrogen (secondary N) is 1. The molecule has 18 heavy (non-hydrogen) atoms. The molecule has 0 radical (unpaired) electrons. The second kappa shape index (κ2) is 7.39. The van der Waals surface area contributed by atoms with Gasteiger partial charge in [-0.3, -0.25) is 14.9 Å². The molecule has 0 heterocycles. The lowest BCUT2D eigenvalue weighted by Crippen LogP contribution is -2.25. The quantitative estimate of drug-likeness (QED) is 0.455. The normalized spacial score (nSPS) is 10.1. The first-order chi connectivity index (χ1) is 8.65. The van der Waals surface area contributed by atoms with Gasteiger partial charge in [-0.2, -0.15) is 0 Å². The third kappa shape index (κ3) is 4.50. The van der Waals surface area contributed by atoms with Crippen molar-refractivity contribution >= 4 is 11.6 Å². The molecule has 0 aliphatic carbocycles. The van der Waals surface area contributed by atoms with E-state index in [1.165, 1.54) is 24.3 Å². The first-order valence-electron chi connectivity index (χ1n) is 5.75. The van der Waals surface area contributed by atoms with Crippen molar-refractivity contribution in [2.45, 2.75) is 13.3 Å². The summed E-state index contributed by atoms with van der Waals surface area (Å²) in [5, 5.41) is 13.2. The van der Waals surface area contributed by atoms with E-state index >= 15 is 0 Å². The van der Waals surface area contributed by atoms with E-state index in [1.807, 2.05) is 6.92 Å². The Hall–Kier alpha value is -1.95. The van der Waals surface area contributed by atoms with Crippen molar-refractivity contribution in [3.63, 3.8) is 0 Å². The zero-order valence-corrected chi connectivity index (χ0v) is 10.2. The molecule has 6 heteroatoms. The number of amides is 1. The highest BCUT2D eigenvalue weighted by Gasteiger charge is 2.08. The number of benzene rings is 1. The highest BCUT2D eigenvalue weighted by molar-refractivity contribution is 5.94. The summed E-state index contributed by atoms with van der Waals surface area (Å²) in [5.41, 5.74) is 0.389. The maximum absolute atomic E-state index is 11.6. The van der Waals surface area contributed by atoms with Crippen LogP contribution in [-0.2, 0) is 4.74 Å². The second-order valence-electron chi connectivity index (χ2n) is 3.61. The van der Waals surface area contributed by atoms with Gasteiger partial charge in [0.25, 0.3) is 11.6 Å². The van der Waals surface area contributed by atoms with Crippen molar-refractivity contribution in [3.8, 4) is 0 Å². The molecule has 1 rings (SSSR count). The van der Waals surface area contributed by atoms with Crippen molar-refractivity contribution in [1.29, 1.82) is 0 Å². The summed E-state index contributed by atoms with van der Waals surface area (Å²) in [7, 11) is 0. The lowest BCUT2D eigenvalue weighted by molar-refractivity contribution is -0.384. The van der Waals surface area contributed by atoms with Gasteiger partial charge >= 0.3 is 0 Å². The van der Waals surface area contributed by atoms with Crippen molar-refractivity contribution in [2.24, 2.45) is 0 Å². The Labute approximate surface area is 105 Å². The minimum atomic E-state index is -0.496. The third-order valence-electron chi connectivity index (χ3n) is 2.30. The average Bonchev–Trinajstić information content (AvgIpc) is 2.38. The van der Waals surface area contributed by atoms with E-state index in [4.69, 9.17) is 4.74 Å². The summed E-state index contributed by atoms with van der Waals surface area (Å²) in [6, 6.07) is 5.51. The molecule has 0 spiro atoms. The van der Waals surface area contributed by atoms with Crippen LogP contribution in [0.15, 0.2) is 24.3 Å². The number of hydrogen-bond acceptors (Lipinski definition) is 4. The molecule has 0 bridgehead atoms. The largest absolute Gasteiger partial charge is 0.382 e. The van der Waals surface area contributed by atoms with E-state index in [0.29, 0.717) is 25.3 Å². The molecule has 0 unspecified atom stereocenters. The maximum Gasteiger partial charge on any atom is 0.269 e. The Kier molecular flexibility index (Phi) is 5.79. The van der Waals surface area contributed by atoms with Crippen LogP contribution in [0.5, 0.6) is 0 Å². The molecule has 0 saturated carbocycles. The maximum atomic E-state index is 11.6. The smallest absolute Gasteiger partial charge is 0.269 e. The lowest BCUT2D eigenvalue weighted by atomic mass is 10.2. The van der Waals surface area contributed by atoms with Crippen LogP contribution in [0.3, 0.4) is 0 Å². The number of carbonyl (C=O) groups excluding carboxylic acids is 1. The summed E-state index contributed by atoms with van der Waals surface area (Å²) in [6.45, 7) is 3.71. The van der Waals surface area contributed by atoms with Crippen LogP contribution in [0, 0.1) is 10.1 Å². The van der Waals surface area contributed by atoms with Gasteiger partial charge in [-0.05, 0) is 25.5 Å². The lowest BCUT2D eigenvalue weighted by Gasteiger charge is -2.05. The Balaban J connectivity index is 2.39. The predicted octanol–water partition coefficient (Wildman–Crippen LogP) is 1.75. The van der Waals surface area contributed by atoms with E-state index in [1.54, 1.807) is 0 Å². The van der Waals surface area contributed by atoms with Gasteiger partial charge < -0.3 is 10.1 Å². The minimum Gasteiger partial charge on any atom is -0.382 e. The second-order valence-corrected chi connectivity index (χ2v) is 3.61. The van der Waals surface area contributed by atoms with Gasteiger partial charge in [-0.25, -0.2) is 0 Å². The van der Waals surface area contributed by atoms with Crippen LogP contribution < -0.4 is 5.32 Å². The number of ether oxygens (including phenoxy) is 1. The van der Waals surface area contributed by atoms with E-state index in [-0.39, 0.29) is 11.6 Å². The van der Waals surface area contributed by atoms with Gasteiger partial charge in [0.15, 0.2) is 0 Å². The zero-order valence-electron chi connectivity index (χ0n) is 10.2. The highest BCUT2D eigenvalue weighted by atomic mass is 16.6. The molecular weight excluding hydrogens is 236 g/mol. The Morgan fingerprint density at radius 3 is 2.61 bits per heavy atom. The van der Waals surface area contributed by atoms with Crippen LogP contribution in [-0.4, -0.2) is 30.6 Å². The molecule has 1 aromatic rings. The first-order valence-corrected chi connectivity index (χ1v) is 5.75. The van der Waals surface area contributed by atoms with E-state index in [2.05, 4.69) is 5.32 Å². The molecule has 0 aromatic heterocycles. The van der Waals surface area contributed by atoms with Gasteiger partial charge in [0, 0.05) is 37.5 Å². The monoisotopic (exact) mass is 252 g/mol. The van der Waals surface area contributed by atoms with Gasteiger partial charge in [0.2, 0.25) is 0 Å². The number of nitro benzene ring substituents is 1. The summed E-state index contributed by atoms with van der Waals surface area (Å²) in [5.74, 6) is -0.235. The summed E-state index contributed by atoms with van der Waals surface area (Å²) in [6.07, 6.45) is 0.743. The standard InChI is InChI=1S/C12H16N2O4/c1-2-18-9-3-8-13-12(15)10-4-6-11(7-5-10)14(16)17/h4-7H,2-3,8-9H2,1H3,(H,13,15). The molecule has 6 nitrogen and oxygen atoms in total. The first kappa shape index (κ1) is 14.1. The fourth-order valence-electron chi connectivity index (χ4n) is 1.36. The number of nitrogens with zero attached hydrogens (tertiary/aromatic N) is 1. The highest BCUT2D eigenvalue weighted by Crippen LogP contribution is 2.11. The SMILES string of the molecule is CCOCCCNC(=O)c1ccc([N+](=O)[O-])cc1. The van der Waals surface area contributed by atoms with E-state index < -0.39 is 4.92 Å². The van der Waals surface area contributed by atoms with Gasteiger partial charge in [0.05, 0.1) is 4.92 Å². The van der Waals surface area contributed by atoms with Crippen LogP contribution >= 0.6 is 0 Å². The molecule has 1 amide bonds. The molecule has 0 fully saturated rings. The van der Waals surface area contributed by atoms with Crippen LogP contribution in [0.25, 0.3) is 0 Å². The van der Waals surface area contributed by atoms with Crippen molar-refractivity contribution in [3.05, 3.63) is 39.9 Å². The molecule has 98 valence electrons. The average molecular weight is 252 g/mol. The Morgan fingerprint density at radius 2 is 2.06 bits per heavy atom. The minimum absolute atomic E-state index is 0.0251. The number of carbonyl (C=O) groups is 1.